The fraction of sp³-hybridized carbons (Fsp3) is 0.810. The lowest BCUT2D eigenvalue weighted by Gasteiger charge is -2.43. The van der Waals surface area contributed by atoms with Crippen LogP contribution in [-0.4, -0.2) is 11.6 Å². The molecule has 256 valence electrons. The first-order valence-electron chi connectivity index (χ1n) is 17.2. The maximum atomic E-state index is 12.0. The van der Waals surface area contributed by atoms with Crippen LogP contribution in [-0.2, 0) is 9.59 Å². The Hall–Kier alpha value is -1.44. The molecule has 3 aliphatic carbocycles. The summed E-state index contributed by atoms with van der Waals surface area (Å²) < 4.78 is 0. The molecule has 0 aromatic heterocycles. The van der Waals surface area contributed by atoms with Crippen molar-refractivity contribution in [2.75, 3.05) is 0 Å². The Morgan fingerprint density at radius 1 is 0.659 bits per heavy atom. The molecule has 0 amide bonds. The van der Waals surface area contributed by atoms with E-state index in [-0.39, 0.29) is 40.9 Å². The van der Waals surface area contributed by atoms with Gasteiger partial charge in [-0.15, -0.1) is 0 Å². The topological polar surface area (TPSA) is 34.1 Å². The fourth-order valence-corrected chi connectivity index (χ4v) is 10.7. The molecule has 0 radical (unpaired) electrons. The quantitative estimate of drug-likeness (QED) is 0.276. The zero-order valence-electron chi connectivity index (χ0n) is 32.4. The van der Waals surface area contributed by atoms with Crippen LogP contribution in [0.15, 0.2) is 33.9 Å². The summed E-state index contributed by atoms with van der Waals surface area (Å²) in [6.07, 6.45) is 5.77. The predicted octanol–water partition coefficient (Wildman–Crippen LogP) is 12.9. The normalized spacial score (nSPS) is 28.3. The second-order valence-corrected chi connectivity index (χ2v) is 19.0. The minimum absolute atomic E-state index is 0. The number of carbonyl (C=O) groups is 2. The smallest absolute Gasteiger partial charge is 0.161 e. The first-order valence-corrected chi connectivity index (χ1v) is 17.2. The van der Waals surface area contributed by atoms with Crippen LogP contribution in [0.5, 0.6) is 0 Å². The Morgan fingerprint density at radius 3 is 1.23 bits per heavy atom. The molecule has 4 atom stereocenters. The van der Waals surface area contributed by atoms with E-state index in [9.17, 15) is 9.59 Å². The lowest BCUT2D eigenvalue weighted by Crippen LogP contribution is -2.36. The highest BCUT2D eigenvalue weighted by molar-refractivity contribution is 5.99. The minimum atomic E-state index is 0. The average molecular weight is 613 g/mol. The number of carbonyl (C=O) groups excluding carboxylic acids is 2. The van der Waals surface area contributed by atoms with Crippen molar-refractivity contribution in [1.82, 2.24) is 0 Å². The van der Waals surface area contributed by atoms with Crippen molar-refractivity contribution in [3.63, 3.8) is 0 Å². The lowest BCUT2D eigenvalue weighted by molar-refractivity contribution is -0.121. The van der Waals surface area contributed by atoms with E-state index in [1.165, 1.54) is 17.6 Å². The molecule has 0 spiro atoms. The van der Waals surface area contributed by atoms with Crippen LogP contribution in [0.25, 0.3) is 0 Å². The first-order chi connectivity index (χ1) is 19.0. The highest BCUT2D eigenvalue weighted by atomic mass is 16.1. The molecule has 0 bridgehead atoms. The third-order valence-electron chi connectivity index (χ3n) is 10.3. The summed E-state index contributed by atoms with van der Waals surface area (Å²) in [6, 6.07) is 0. The summed E-state index contributed by atoms with van der Waals surface area (Å²) in [5, 5.41) is 0. The second kappa shape index (κ2) is 14.5. The van der Waals surface area contributed by atoms with E-state index in [1.807, 2.05) is 27.7 Å². The van der Waals surface area contributed by atoms with Crippen molar-refractivity contribution >= 4 is 11.6 Å². The summed E-state index contributed by atoms with van der Waals surface area (Å²) in [6.45, 7) is 44.6. The van der Waals surface area contributed by atoms with Crippen LogP contribution in [0.4, 0.5) is 0 Å². The molecule has 0 saturated heterocycles. The average Bonchev–Trinajstić information content (AvgIpc) is 2.72. The van der Waals surface area contributed by atoms with Gasteiger partial charge in [-0.05, 0) is 96.0 Å². The summed E-state index contributed by atoms with van der Waals surface area (Å²) in [5.74, 6) is 3.39. The van der Waals surface area contributed by atoms with E-state index < -0.39 is 0 Å². The molecule has 4 unspecified atom stereocenters. The van der Waals surface area contributed by atoms with Gasteiger partial charge in [-0.25, -0.2) is 0 Å². The van der Waals surface area contributed by atoms with E-state index in [2.05, 4.69) is 117 Å². The number of hydrogen-bond acceptors (Lipinski definition) is 2. The molecule has 3 rings (SSSR count). The van der Waals surface area contributed by atoms with Crippen molar-refractivity contribution in [3.8, 4) is 0 Å². The van der Waals surface area contributed by atoms with E-state index >= 15 is 0 Å². The van der Waals surface area contributed by atoms with Gasteiger partial charge in [-0.1, -0.05) is 148 Å². The Kier molecular flexibility index (Phi) is 14.1. The molecule has 0 aromatic carbocycles. The van der Waals surface area contributed by atoms with Crippen molar-refractivity contribution < 1.29 is 9.59 Å². The van der Waals surface area contributed by atoms with Gasteiger partial charge in [0.15, 0.2) is 11.6 Å². The Morgan fingerprint density at radius 2 is 0.977 bits per heavy atom. The van der Waals surface area contributed by atoms with Crippen LogP contribution in [0.1, 0.15) is 165 Å². The number of rotatable bonds is 1. The van der Waals surface area contributed by atoms with Gasteiger partial charge in [-0.2, -0.15) is 0 Å². The van der Waals surface area contributed by atoms with Crippen molar-refractivity contribution in [2.45, 2.75) is 165 Å². The number of hydrogen-bond donors (Lipinski definition) is 0. The van der Waals surface area contributed by atoms with Crippen LogP contribution in [0.3, 0.4) is 0 Å². The maximum absolute atomic E-state index is 12.0. The summed E-state index contributed by atoms with van der Waals surface area (Å²) in [5.41, 5.74) is 7.33. The van der Waals surface area contributed by atoms with Crippen molar-refractivity contribution in [2.24, 2.45) is 56.7 Å². The fourth-order valence-electron chi connectivity index (χ4n) is 10.7. The van der Waals surface area contributed by atoms with Gasteiger partial charge >= 0.3 is 0 Å². The minimum Gasteiger partial charge on any atom is -0.294 e. The van der Waals surface area contributed by atoms with E-state index in [4.69, 9.17) is 0 Å². The molecule has 2 nitrogen and oxygen atoms in total. The van der Waals surface area contributed by atoms with E-state index in [0.29, 0.717) is 17.0 Å². The molecule has 44 heavy (non-hydrogen) atoms. The van der Waals surface area contributed by atoms with E-state index in [0.717, 1.165) is 41.7 Å². The van der Waals surface area contributed by atoms with Crippen molar-refractivity contribution in [3.05, 3.63) is 33.9 Å². The van der Waals surface area contributed by atoms with Crippen LogP contribution < -0.4 is 0 Å². The van der Waals surface area contributed by atoms with Gasteiger partial charge < -0.3 is 0 Å². The molecule has 0 N–H and O–H groups in total. The highest BCUT2D eigenvalue weighted by Crippen LogP contribution is 2.50. The molecule has 0 fully saturated rings. The Balaban J connectivity index is 0.000000625. The van der Waals surface area contributed by atoms with E-state index in [1.54, 1.807) is 5.57 Å². The number of Topliss-reactive ketones (excluding diaryl/α,β-unsaturated/α-hetero) is 2. The summed E-state index contributed by atoms with van der Waals surface area (Å²) in [4.78, 5) is 24.0. The highest BCUT2D eigenvalue weighted by Gasteiger charge is 2.42. The van der Waals surface area contributed by atoms with Gasteiger partial charge in [0.2, 0.25) is 0 Å². The summed E-state index contributed by atoms with van der Waals surface area (Å²) in [7, 11) is 0. The first kappa shape index (κ1) is 42.6. The number of ketones is 2. The zero-order valence-corrected chi connectivity index (χ0v) is 32.4. The largest absolute Gasteiger partial charge is 0.294 e. The van der Waals surface area contributed by atoms with Crippen LogP contribution >= 0.6 is 0 Å². The standard InChI is InChI=1S/2C14H24O.C13H24.CH4/c2*1-9-8-14(6,7)12(13(3,4)5)10(2)11(9)15;1-9(2)12-11(4)7-10(3)8-13(12,5)6;/h2*9H,8H2,1-7H3;7,9-10,12H,8H2,1-6H3;1H4. The molecule has 3 aliphatic rings. The molecular weight excluding hydrogens is 536 g/mol. The zero-order chi connectivity index (χ0) is 34.3. The third kappa shape index (κ3) is 10.0. The molecule has 0 aromatic rings. The Bertz CT molecular complexity index is 1050. The molecular formula is C42H76O2. The second-order valence-electron chi connectivity index (χ2n) is 19.0. The molecule has 0 saturated carbocycles. The summed E-state index contributed by atoms with van der Waals surface area (Å²) >= 11 is 0. The molecule has 2 heteroatoms. The van der Waals surface area contributed by atoms with Gasteiger partial charge in [0.05, 0.1) is 0 Å². The maximum Gasteiger partial charge on any atom is 0.161 e. The third-order valence-corrected chi connectivity index (χ3v) is 10.3. The monoisotopic (exact) mass is 613 g/mol. The van der Waals surface area contributed by atoms with Crippen molar-refractivity contribution in [1.29, 1.82) is 0 Å². The van der Waals surface area contributed by atoms with Crippen LogP contribution in [0, 0.1) is 56.7 Å². The van der Waals surface area contributed by atoms with Gasteiger partial charge in [0.1, 0.15) is 0 Å². The van der Waals surface area contributed by atoms with Gasteiger partial charge in [0, 0.05) is 11.8 Å². The SMILES string of the molecule is C.CC1=C(C(C)(C)C)C(C)(C)CC(C)C1=O.CC1=C(C(C)(C)C)C(C)(C)CC(C)C1=O.CC1=CC(C)CC(C)(C)C1C(C)C. The lowest BCUT2D eigenvalue weighted by atomic mass is 9.61. The van der Waals surface area contributed by atoms with Gasteiger partial charge in [0.25, 0.3) is 0 Å². The van der Waals surface area contributed by atoms with Crippen LogP contribution in [0.2, 0.25) is 0 Å². The predicted molar refractivity (Wildman–Crippen MR) is 196 cm³/mol. The number of allylic oxidation sites excluding steroid dienone is 6. The molecule has 0 heterocycles. The Labute approximate surface area is 276 Å². The molecule has 0 aliphatic heterocycles. The van der Waals surface area contributed by atoms with Gasteiger partial charge in [-0.3, -0.25) is 9.59 Å².